The van der Waals surface area contributed by atoms with Gasteiger partial charge in [-0.2, -0.15) is 0 Å². The molecule has 112 valence electrons. The maximum atomic E-state index is 12.2. The number of pyridine rings is 1. The number of allylic oxidation sites excluding steroid dienone is 1. The third kappa shape index (κ3) is 3.43. The van der Waals surface area contributed by atoms with Gasteiger partial charge in [0.05, 0.1) is 6.04 Å². The van der Waals surface area contributed by atoms with Crippen LogP contribution in [-0.2, 0) is 11.2 Å². The Morgan fingerprint density at radius 1 is 1.14 bits per heavy atom. The second-order valence-electron chi connectivity index (χ2n) is 6.07. The molecule has 0 aromatic carbocycles. The fourth-order valence-electron chi connectivity index (χ4n) is 3.40. The van der Waals surface area contributed by atoms with E-state index in [1.165, 1.54) is 24.8 Å². The van der Waals surface area contributed by atoms with Crippen LogP contribution in [0.3, 0.4) is 0 Å². The first-order valence-corrected chi connectivity index (χ1v) is 7.94. The highest BCUT2D eigenvalue weighted by Gasteiger charge is 2.22. The van der Waals surface area contributed by atoms with Crippen molar-refractivity contribution in [2.45, 2.75) is 57.4 Å². The van der Waals surface area contributed by atoms with Gasteiger partial charge in [-0.1, -0.05) is 12.0 Å². The van der Waals surface area contributed by atoms with Gasteiger partial charge in [-0.05, 0) is 56.6 Å². The second kappa shape index (κ2) is 6.29. The Hall–Kier alpha value is -1.84. The van der Waals surface area contributed by atoms with Crippen molar-refractivity contribution in [3.05, 3.63) is 45.4 Å². The Morgan fingerprint density at radius 3 is 2.76 bits per heavy atom. The number of carbonyl (C=O) groups is 1. The lowest BCUT2D eigenvalue weighted by Crippen LogP contribution is -2.31. The van der Waals surface area contributed by atoms with Crippen LogP contribution in [0.4, 0.5) is 0 Å². The Kier molecular flexibility index (Phi) is 4.23. The molecule has 1 atom stereocenters. The van der Waals surface area contributed by atoms with E-state index in [1.807, 2.05) is 6.07 Å². The fraction of sp³-hybridized carbons (Fsp3) is 0.529. The van der Waals surface area contributed by atoms with E-state index in [9.17, 15) is 9.59 Å². The number of aromatic amines is 1. The van der Waals surface area contributed by atoms with E-state index in [4.69, 9.17) is 0 Å². The molecular formula is C17H22N2O2. The van der Waals surface area contributed by atoms with Crippen molar-refractivity contribution in [3.63, 3.8) is 0 Å². The summed E-state index contributed by atoms with van der Waals surface area (Å²) in [6.45, 7) is 0. The third-order valence-electron chi connectivity index (χ3n) is 4.48. The van der Waals surface area contributed by atoms with Gasteiger partial charge in [0.1, 0.15) is 0 Å². The number of hydrogen-bond acceptors (Lipinski definition) is 2. The highest BCUT2D eigenvalue weighted by atomic mass is 16.1. The molecule has 0 bridgehead atoms. The summed E-state index contributed by atoms with van der Waals surface area (Å²) in [7, 11) is 0. The number of aryl methyl sites for hydroxylation is 1. The number of hydrogen-bond donors (Lipinski definition) is 2. The van der Waals surface area contributed by atoms with Crippen LogP contribution in [0.25, 0.3) is 0 Å². The van der Waals surface area contributed by atoms with E-state index in [2.05, 4.69) is 10.3 Å². The molecule has 1 saturated carbocycles. The monoisotopic (exact) mass is 286 g/mol. The maximum absolute atomic E-state index is 12.2. The molecular weight excluding hydrogens is 264 g/mol. The van der Waals surface area contributed by atoms with Crippen molar-refractivity contribution < 1.29 is 4.79 Å². The Balaban J connectivity index is 1.71. The van der Waals surface area contributed by atoms with Crippen molar-refractivity contribution >= 4 is 5.91 Å². The Bertz CT molecular complexity index is 607. The first-order chi connectivity index (χ1) is 10.2. The van der Waals surface area contributed by atoms with Gasteiger partial charge < -0.3 is 10.3 Å². The Morgan fingerprint density at radius 2 is 1.95 bits per heavy atom. The number of amides is 1. The topological polar surface area (TPSA) is 62.0 Å². The zero-order valence-electron chi connectivity index (χ0n) is 12.3. The number of fused-ring (bicyclic) bond motifs is 1. The van der Waals surface area contributed by atoms with E-state index >= 15 is 0 Å². The van der Waals surface area contributed by atoms with Crippen LogP contribution < -0.4 is 10.9 Å². The van der Waals surface area contributed by atoms with Crippen molar-refractivity contribution in [2.24, 2.45) is 0 Å². The molecule has 1 heterocycles. The maximum Gasteiger partial charge on any atom is 0.248 e. The fourth-order valence-corrected chi connectivity index (χ4v) is 3.40. The summed E-state index contributed by atoms with van der Waals surface area (Å²) < 4.78 is 0. The van der Waals surface area contributed by atoms with E-state index in [1.54, 1.807) is 12.1 Å². The van der Waals surface area contributed by atoms with Crippen LogP contribution >= 0.6 is 0 Å². The minimum atomic E-state index is -0.0648. The predicted molar refractivity (Wildman–Crippen MR) is 82.1 cm³/mol. The first-order valence-electron chi connectivity index (χ1n) is 7.94. The normalized spacial score (nSPS) is 21.5. The highest BCUT2D eigenvalue weighted by Crippen LogP contribution is 2.28. The van der Waals surface area contributed by atoms with Gasteiger partial charge >= 0.3 is 0 Å². The summed E-state index contributed by atoms with van der Waals surface area (Å²) in [5.41, 5.74) is 3.25. The lowest BCUT2D eigenvalue weighted by atomic mass is 9.91. The Labute approximate surface area is 124 Å². The minimum absolute atomic E-state index is 0.0101. The molecule has 0 saturated heterocycles. The third-order valence-corrected chi connectivity index (χ3v) is 4.48. The van der Waals surface area contributed by atoms with Gasteiger partial charge in [-0.3, -0.25) is 9.59 Å². The zero-order chi connectivity index (χ0) is 14.7. The molecule has 2 aliphatic carbocycles. The van der Waals surface area contributed by atoms with E-state index < -0.39 is 0 Å². The molecule has 4 nitrogen and oxygen atoms in total. The molecule has 4 heteroatoms. The van der Waals surface area contributed by atoms with Gasteiger partial charge in [0, 0.05) is 17.8 Å². The average Bonchev–Trinajstić information content (AvgIpc) is 2.48. The van der Waals surface area contributed by atoms with Crippen LogP contribution in [-0.4, -0.2) is 10.9 Å². The molecule has 1 fully saturated rings. The molecule has 1 aromatic heterocycles. The lowest BCUT2D eigenvalue weighted by molar-refractivity contribution is -0.117. The smallest absolute Gasteiger partial charge is 0.248 e. The number of carbonyl (C=O) groups excluding carboxylic acids is 1. The van der Waals surface area contributed by atoms with E-state index in [-0.39, 0.29) is 17.5 Å². The molecule has 0 unspecified atom stereocenters. The van der Waals surface area contributed by atoms with Gasteiger partial charge in [0.25, 0.3) is 0 Å². The van der Waals surface area contributed by atoms with Crippen LogP contribution in [0, 0.1) is 0 Å². The summed E-state index contributed by atoms with van der Waals surface area (Å²) in [5.74, 6) is 0.0101. The van der Waals surface area contributed by atoms with E-state index in [0.29, 0.717) is 0 Å². The zero-order valence-corrected chi connectivity index (χ0v) is 12.3. The summed E-state index contributed by atoms with van der Waals surface area (Å²) in [6, 6.07) is 3.42. The van der Waals surface area contributed by atoms with Crippen molar-refractivity contribution in [1.29, 1.82) is 0 Å². The molecule has 21 heavy (non-hydrogen) atoms. The molecule has 0 aliphatic heterocycles. The largest absolute Gasteiger partial charge is 0.346 e. The SMILES string of the molecule is O=C(C=C1CCCCC1)N[C@H]1CCCc2[nH]c(=O)ccc21. The van der Waals surface area contributed by atoms with Gasteiger partial charge in [0.15, 0.2) is 0 Å². The molecule has 0 radical (unpaired) electrons. The van der Waals surface area contributed by atoms with E-state index in [0.717, 1.165) is 43.4 Å². The predicted octanol–water partition coefficient (Wildman–Crippen LogP) is 2.76. The number of nitrogens with one attached hydrogen (secondary N) is 2. The van der Waals surface area contributed by atoms with Crippen molar-refractivity contribution in [1.82, 2.24) is 10.3 Å². The number of aromatic nitrogens is 1. The second-order valence-corrected chi connectivity index (χ2v) is 6.07. The van der Waals surface area contributed by atoms with Crippen LogP contribution in [0.1, 0.15) is 62.2 Å². The quantitative estimate of drug-likeness (QED) is 0.821. The number of rotatable bonds is 2. The summed E-state index contributed by atoms with van der Waals surface area (Å²) >= 11 is 0. The molecule has 3 rings (SSSR count). The molecule has 0 spiro atoms. The van der Waals surface area contributed by atoms with Gasteiger partial charge in [-0.25, -0.2) is 0 Å². The van der Waals surface area contributed by atoms with Crippen molar-refractivity contribution in [2.75, 3.05) is 0 Å². The summed E-state index contributed by atoms with van der Waals surface area (Å²) in [4.78, 5) is 26.5. The minimum Gasteiger partial charge on any atom is -0.346 e. The standard InChI is InChI=1S/C17H22N2O2/c20-16-10-9-13-14(18-16)7-4-8-15(13)19-17(21)11-12-5-2-1-3-6-12/h9-11,15H,1-8H2,(H,18,20)(H,19,21)/t15-/m0/s1. The summed E-state index contributed by atoms with van der Waals surface area (Å²) in [5, 5.41) is 3.10. The molecule has 2 N–H and O–H groups in total. The van der Waals surface area contributed by atoms with Crippen LogP contribution in [0.2, 0.25) is 0 Å². The highest BCUT2D eigenvalue weighted by molar-refractivity contribution is 5.88. The van der Waals surface area contributed by atoms with Crippen LogP contribution in [0.15, 0.2) is 28.6 Å². The molecule has 1 aromatic rings. The van der Waals surface area contributed by atoms with Gasteiger partial charge in [0.2, 0.25) is 11.5 Å². The average molecular weight is 286 g/mol. The van der Waals surface area contributed by atoms with Crippen LogP contribution in [0.5, 0.6) is 0 Å². The van der Waals surface area contributed by atoms with Gasteiger partial charge in [-0.15, -0.1) is 0 Å². The van der Waals surface area contributed by atoms with Crippen molar-refractivity contribution in [3.8, 4) is 0 Å². The summed E-state index contributed by atoms with van der Waals surface area (Å²) in [6.07, 6.45) is 10.4. The number of H-pyrrole nitrogens is 1. The lowest BCUT2D eigenvalue weighted by Gasteiger charge is -2.25. The molecule has 2 aliphatic rings. The first kappa shape index (κ1) is 14.1. The molecule has 1 amide bonds.